The Morgan fingerprint density at radius 2 is 0.955 bits per heavy atom. The molecule has 0 heterocycles. The van der Waals surface area contributed by atoms with E-state index in [0.29, 0.717) is 0 Å². The smallest absolute Gasteiger partial charge is 0.404 e. The van der Waals surface area contributed by atoms with Crippen molar-refractivity contribution >= 4 is 47.5 Å². The second-order valence-electron chi connectivity index (χ2n) is 3.87. The molecule has 0 aromatic heterocycles. The van der Waals surface area contributed by atoms with Crippen LogP contribution in [-0.2, 0) is 20.2 Å². The van der Waals surface area contributed by atoms with Crippen molar-refractivity contribution in [1.82, 2.24) is 0 Å². The van der Waals surface area contributed by atoms with Gasteiger partial charge < -0.3 is 8.37 Å². The van der Waals surface area contributed by atoms with Crippen molar-refractivity contribution < 1.29 is 25.2 Å². The van der Waals surface area contributed by atoms with Gasteiger partial charge in [0.1, 0.15) is 11.5 Å². The first-order valence-corrected chi connectivity index (χ1v) is 8.64. The second-order valence-corrected chi connectivity index (χ2v) is 6.95. The van der Waals surface area contributed by atoms with Gasteiger partial charge in [-0.1, -0.05) is 36.4 Å². The average Bonchev–Trinajstić information content (AvgIpc) is 2.38. The molecule has 0 aliphatic heterocycles. The number of para-hydroxylation sites is 2. The molecule has 0 fully saturated rings. The van der Waals surface area contributed by atoms with Crippen LogP contribution in [0.15, 0.2) is 60.7 Å². The summed E-state index contributed by atoms with van der Waals surface area (Å²) in [5, 5.41) is 0.0278. The molecule has 2 aromatic carbocycles. The molecule has 0 bridgehead atoms. The predicted octanol–water partition coefficient (Wildman–Crippen LogP) is 1.54. The molecule has 0 aliphatic carbocycles. The van der Waals surface area contributed by atoms with E-state index in [-0.39, 0.29) is 43.9 Å². The molecule has 2 aromatic rings. The number of hydrogen-bond donors (Lipinski definition) is 0. The molecule has 22 heavy (non-hydrogen) atoms. The number of benzene rings is 2. The van der Waals surface area contributed by atoms with Crippen LogP contribution in [0.5, 0.6) is 11.5 Å². The van der Waals surface area contributed by atoms with Crippen molar-refractivity contribution in [3.8, 4) is 11.5 Å². The largest absolute Gasteiger partial charge is 1.00 e. The van der Waals surface area contributed by atoms with Gasteiger partial charge in [0.25, 0.3) is 0 Å². The van der Waals surface area contributed by atoms with E-state index in [4.69, 9.17) is 0 Å². The summed E-state index contributed by atoms with van der Waals surface area (Å²) in [6, 6.07) is 15.1. The predicted molar refractivity (Wildman–Crippen MR) is 82.0 cm³/mol. The number of rotatable bonds is 6. The van der Waals surface area contributed by atoms with Crippen LogP contribution in [0.25, 0.3) is 0 Å². The Labute approximate surface area is 149 Å². The summed E-state index contributed by atoms with van der Waals surface area (Å²) < 4.78 is 55.9. The van der Waals surface area contributed by atoms with Crippen molar-refractivity contribution in [1.29, 1.82) is 0 Å². The minimum absolute atomic E-state index is 0. The summed E-state index contributed by atoms with van der Waals surface area (Å²) in [4.78, 5) is 0. The molecule has 0 unspecified atom stereocenters. The Hall–Kier alpha value is -1.14. The van der Waals surface area contributed by atoms with Crippen LogP contribution < -0.4 is 8.37 Å². The van der Waals surface area contributed by atoms with Crippen LogP contribution in [0.4, 0.5) is 0 Å². The van der Waals surface area contributed by atoms with Gasteiger partial charge in [-0.2, -0.15) is 0 Å². The van der Waals surface area contributed by atoms with Gasteiger partial charge in [0, 0.05) is 0 Å². The summed E-state index contributed by atoms with van der Waals surface area (Å²) in [5.74, 6) is 0.00678. The van der Waals surface area contributed by atoms with Gasteiger partial charge in [0.05, 0.1) is 0 Å². The van der Waals surface area contributed by atoms with Crippen LogP contribution >= 0.6 is 0 Å². The first-order valence-electron chi connectivity index (χ1n) is 5.70. The Balaban J connectivity index is 0.00000242. The Morgan fingerprint density at radius 3 is 1.27 bits per heavy atom. The van der Waals surface area contributed by atoms with Gasteiger partial charge in [-0.3, -0.25) is 0 Å². The molecule has 6 nitrogen and oxygen atoms in total. The minimum atomic E-state index is -4.45. The minimum Gasteiger partial charge on any atom is -0.404 e. The van der Waals surface area contributed by atoms with Crippen LogP contribution in [0.3, 0.4) is 0 Å². The van der Waals surface area contributed by atoms with Crippen molar-refractivity contribution in [2.75, 3.05) is 0 Å². The van der Waals surface area contributed by atoms with Crippen molar-refractivity contribution in [2.24, 2.45) is 0 Å². The van der Waals surface area contributed by atoms with Gasteiger partial charge in [-0.15, -0.1) is 0 Å². The molecular formula is C13H11O6S2Tl. The van der Waals surface area contributed by atoms with Crippen molar-refractivity contribution in [3.63, 3.8) is 0 Å². The van der Waals surface area contributed by atoms with Crippen LogP contribution in [0.2, 0.25) is 0 Å². The molecule has 114 valence electrons. The average molecular weight is 532 g/mol. The first kappa shape index (κ1) is 18.9. The standard InChI is InChI=1S/C13H11O6S2.Tl/c14-20(15,18-12-7-3-1-4-8-12)11-21(16,17)19-13-9-5-2-6-10-13;/h1-11H;/q-1;+1. The van der Waals surface area contributed by atoms with Gasteiger partial charge >= 0.3 is 27.3 Å². The summed E-state index contributed by atoms with van der Waals surface area (Å²) in [5.41, 5.74) is 0. The summed E-state index contributed by atoms with van der Waals surface area (Å²) in [7, 11) is -8.90. The van der Waals surface area contributed by atoms with E-state index in [1.54, 1.807) is 36.4 Å². The van der Waals surface area contributed by atoms with E-state index >= 15 is 0 Å². The fourth-order valence-corrected chi connectivity index (χ4v) is 3.63. The SMILES string of the molecule is O=S(=O)([CH-]S(=O)(=O)Oc1ccccc1)Oc1ccccc1.[Tl+]. The van der Waals surface area contributed by atoms with E-state index in [1.165, 1.54) is 24.3 Å². The molecule has 0 amide bonds. The van der Waals surface area contributed by atoms with Crippen molar-refractivity contribution in [3.05, 3.63) is 65.7 Å². The molecule has 0 aliphatic rings. The molecule has 0 saturated carbocycles. The first-order chi connectivity index (χ1) is 9.86. The fourth-order valence-electron chi connectivity index (χ4n) is 1.40. The van der Waals surface area contributed by atoms with Gasteiger partial charge in [-0.25, -0.2) is 16.8 Å². The van der Waals surface area contributed by atoms with Gasteiger partial charge in [0.2, 0.25) is 0 Å². The Bertz CT molecular complexity index is 719. The third kappa shape index (κ3) is 6.32. The van der Waals surface area contributed by atoms with Gasteiger partial charge in [-0.05, 0) is 29.4 Å². The van der Waals surface area contributed by atoms with E-state index in [2.05, 4.69) is 8.37 Å². The molecule has 0 radical (unpaired) electrons. The van der Waals surface area contributed by atoms with Crippen molar-refractivity contribution in [2.45, 2.75) is 0 Å². The summed E-state index contributed by atoms with van der Waals surface area (Å²) >= 11 is 0. The van der Waals surface area contributed by atoms with Crippen LogP contribution in [-0.4, -0.2) is 44.1 Å². The third-order valence-electron chi connectivity index (χ3n) is 2.15. The quantitative estimate of drug-likeness (QED) is 0.319. The maximum absolute atomic E-state index is 11.7. The fraction of sp³-hybridized carbons (Fsp3) is 0. The van der Waals surface area contributed by atoms with E-state index in [0.717, 1.165) is 0 Å². The van der Waals surface area contributed by atoms with E-state index in [9.17, 15) is 16.8 Å². The zero-order valence-electron chi connectivity index (χ0n) is 11.2. The van der Waals surface area contributed by atoms with Gasteiger partial charge in [0.15, 0.2) is 20.2 Å². The van der Waals surface area contributed by atoms with E-state index in [1.807, 2.05) is 0 Å². The second kappa shape index (κ2) is 7.92. The molecule has 0 atom stereocenters. The monoisotopic (exact) mass is 532 g/mol. The maximum atomic E-state index is 11.7. The molecular weight excluding hydrogens is 521 g/mol. The molecule has 0 saturated heterocycles. The zero-order chi connectivity index (χ0) is 15.3. The summed E-state index contributed by atoms with van der Waals surface area (Å²) in [6.07, 6.45) is 0. The Morgan fingerprint density at radius 1 is 0.636 bits per heavy atom. The molecule has 9 heteroatoms. The zero-order valence-corrected chi connectivity index (χ0v) is 17.3. The molecule has 2 rings (SSSR count). The van der Waals surface area contributed by atoms with Crippen LogP contribution in [0.1, 0.15) is 0 Å². The van der Waals surface area contributed by atoms with E-state index < -0.39 is 20.2 Å². The third-order valence-corrected chi connectivity index (χ3v) is 4.88. The molecule has 0 N–H and O–H groups in total. The summed E-state index contributed by atoms with van der Waals surface area (Å²) in [6.45, 7) is 0. The maximum Gasteiger partial charge on any atom is 1.00 e. The number of hydrogen-bond acceptors (Lipinski definition) is 6. The normalized spacial score (nSPS) is 11.3. The van der Waals surface area contributed by atoms with Crippen LogP contribution in [0, 0.1) is 5.08 Å². The Kier molecular flexibility index (Phi) is 6.81. The topological polar surface area (TPSA) is 86.7 Å². The molecule has 0 spiro atoms.